The zero-order valence-electron chi connectivity index (χ0n) is 12.1. The number of nitrogens with two attached hydrogens (primary N) is 1. The molecule has 1 aromatic carbocycles. The maximum Gasteiger partial charge on any atom is 0.0236 e. The second-order valence-corrected chi connectivity index (χ2v) is 6.00. The van der Waals surface area contributed by atoms with Crippen LogP contribution in [0.25, 0.3) is 0 Å². The number of aryl methyl sites for hydroxylation is 1. The normalized spacial score (nSPS) is 13.0. The van der Waals surface area contributed by atoms with E-state index in [0.717, 1.165) is 6.54 Å². The number of thioether (sulfide) groups is 1. The Bertz CT molecular complexity index is 366. The number of nitrogens with zero attached hydrogens (tertiary/aromatic N) is 1. The molecular formula is C15H26N2S. The summed E-state index contributed by atoms with van der Waals surface area (Å²) in [5, 5.41) is 0. The van der Waals surface area contributed by atoms with Crippen molar-refractivity contribution in [2.45, 2.75) is 39.4 Å². The summed E-state index contributed by atoms with van der Waals surface area (Å²) in [5.74, 6) is 1.23. The van der Waals surface area contributed by atoms with Crippen molar-refractivity contribution in [1.82, 2.24) is 4.90 Å². The lowest BCUT2D eigenvalue weighted by atomic mass is 10.0. The lowest BCUT2D eigenvalue weighted by Crippen LogP contribution is -2.29. The second-order valence-electron chi connectivity index (χ2n) is 5.01. The van der Waals surface area contributed by atoms with Crippen molar-refractivity contribution in [2.24, 2.45) is 5.73 Å². The van der Waals surface area contributed by atoms with Gasteiger partial charge in [0, 0.05) is 19.1 Å². The largest absolute Gasteiger partial charge is 0.326 e. The van der Waals surface area contributed by atoms with E-state index in [1.165, 1.54) is 28.9 Å². The molecule has 2 N–H and O–H groups in total. The van der Waals surface area contributed by atoms with Crippen molar-refractivity contribution in [3.8, 4) is 0 Å². The van der Waals surface area contributed by atoms with E-state index in [-0.39, 0.29) is 0 Å². The van der Waals surface area contributed by atoms with Gasteiger partial charge < -0.3 is 5.73 Å². The average Bonchev–Trinajstić information content (AvgIpc) is 2.38. The van der Waals surface area contributed by atoms with Crippen molar-refractivity contribution in [3.63, 3.8) is 0 Å². The van der Waals surface area contributed by atoms with Gasteiger partial charge in [-0.1, -0.05) is 18.2 Å². The topological polar surface area (TPSA) is 29.3 Å². The molecule has 2 nitrogen and oxygen atoms in total. The molecular weight excluding hydrogens is 240 g/mol. The van der Waals surface area contributed by atoms with Crippen LogP contribution in [0.4, 0.5) is 0 Å². The molecule has 0 saturated carbocycles. The van der Waals surface area contributed by atoms with Gasteiger partial charge in [0.1, 0.15) is 0 Å². The van der Waals surface area contributed by atoms with Crippen LogP contribution in [0.2, 0.25) is 0 Å². The number of hydrogen-bond acceptors (Lipinski definition) is 3. The van der Waals surface area contributed by atoms with Crippen molar-refractivity contribution < 1.29 is 0 Å². The number of rotatable bonds is 7. The summed E-state index contributed by atoms with van der Waals surface area (Å²) in [6.45, 7) is 6.13. The Morgan fingerprint density at radius 1 is 1.39 bits per heavy atom. The predicted molar refractivity (Wildman–Crippen MR) is 83.0 cm³/mol. The molecule has 0 spiro atoms. The van der Waals surface area contributed by atoms with E-state index in [9.17, 15) is 0 Å². The van der Waals surface area contributed by atoms with E-state index in [0.29, 0.717) is 12.6 Å². The standard InChI is InChI=1S/C15H26N2S/c1-12-9-14(10-16)5-6-15(12)11-17(3)13(2)7-8-18-4/h5-6,9,13H,7-8,10-11,16H2,1-4H3. The first-order valence-corrected chi connectivity index (χ1v) is 7.95. The van der Waals surface area contributed by atoms with E-state index >= 15 is 0 Å². The summed E-state index contributed by atoms with van der Waals surface area (Å²) >= 11 is 1.92. The number of benzene rings is 1. The van der Waals surface area contributed by atoms with Crippen molar-refractivity contribution >= 4 is 11.8 Å². The Kier molecular flexibility index (Phi) is 6.76. The van der Waals surface area contributed by atoms with Crippen LogP contribution in [0.5, 0.6) is 0 Å². The maximum absolute atomic E-state index is 5.66. The molecule has 1 rings (SSSR count). The molecule has 0 bridgehead atoms. The first-order chi connectivity index (χ1) is 8.58. The van der Waals surface area contributed by atoms with E-state index in [2.05, 4.69) is 50.2 Å². The molecule has 3 heteroatoms. The Morgan fingerprint density at radius 2 is 2.11 bits per heavy atom. The van der Waals surface area contributed by atoms with Crippen LogP contribution in [0, 0.1) is 6.92 Å². The van der Waals surface area contributed by atoms with Crippen LogP contribution in [0.3, 0.4) is 0 Å². The van der Waals surface area contributed by atoms with Gasteiger partial charge in [-0.3, -0.25) is 4.90 Å². The monoisotopic (exact) mass is 266 g/mol. The predicted octanol–water partition coefficient (Wildman–Crippen LogP) is 3.03. The van der Waals surface area contributed by atoms with Crippen molar-refractivity contribution in [1.29, 1.82) is 0 Å². The quantitative estimate of drug-likeness (QED) is 0.822. The van der Waals surface area contributed by atoms with Crippen LogP contribution in [-0.2, 0) is 13.1 Å². The minimum absolute atomic E-state index is 0.626. The molecule has 0 fully saturated rings. The Labute approximate surface area is 116 Å². The van der Waals surface area contributed by atoms with E-state index in [1.54, 1.807) is 0 Å². The molecule has 102 valence electrons. The first kappa shape index (κ1) is 15.5. The highest BCUT2D eigenvalue weighted by molar-refractivity contribution is 7.98. The molecule has 1 unspecified atom stereocenters. The fraction of sp³-hybridized carbons (Fsp3) is 0.600. The van der Waals surface area contributed by atoms with Crippen LogP contribution in [-0.4, -0.2) is 30.0 Å². The molecule has 0 heterocycles. The van der Waals surface area contributed by atoms with Gasteiger partial charge in [-0.15, -0.1) is 0 Å². The summed E-state index contributed by atoms with van der Waals surface area (Å²) in [7, 11) is 2.21. The molecule has 0 aliphatic heterocycles. The summed E-state index contributed by atoms with van der Waals surface area (Å²) in [5.41, 5.74) is 9.63. The van der Waals surface area contributed by atoms with Gasteiger partial charge in [-0.05, 0) is 56.0 Å². The first-order valence-electron chi connectivity index (χ1n) is 6.56. The second kappa shape index (κ2) is 7.82. The summed E-state index contributed by atoms with van der Waals surface area (Å²) in [6.07, 6.45) is 3.42. The van der Waals surface area contributed by atoms with Crippen LogP contribution >= 0.6 is 11.8 Å². The van der Waals surface area contributed by atoms with Gasteiger partial charge in [-0.2, -0.15) is 11.8 Å². The van der Waals surface area contributed by atoms with E-state index < -0.39 is 0 Å². The van der Waals surface area contributed by atoms with Gasteiger partial charge >= 0.3 is 0 Å². The molecule has 0 aliphatic rings. The maximum atomic E-state index is 5.66. The molecule has 0 aliphatic carbocycles. The molecule has 0 saturated heterocycles. The molecule has 0 radical (unpaired) electrons. The lowest BCUT2D eigenvalue weighted by molar-refractivity contribution is 0.244. The molecule has 1 aromatic rings. The molecule has 0 amide bonds. The van der Waals surface area contributed by atoms with Gasteiger partial charge in [0.15, 0.2) is 0 Å². The van der Waals surface area contributed by atoms with E-state index in [4.69, 9.17) is 5.73 Å². The van der Waals surface area contributed by atoms with Crippen molar-refractivity contribution in [2.75, 3.05) is 19.1 Å². The highest BCUT2D eigenvalue weighted by Gasteiger charge is 2.10. The van der Waals surface area contributed by atoms with E-state index in [1.807, 2.05) is 11.8 Å². The Morgan fingerprint density at radius 3 is 2.67 bits per heavy atom. The fourth-order valence-corrected chi connectivity index (χ4v) is 2.57. The summed E-state index contributed by atoms with van der Waals surface area (Å²) in [6, 6.07) is 7.19. The highest BCUT2D eigenvalue weighted by Crippen LogP contribution is 2.15. The zero-order chi connectivity index (χ0) is 13.5. The Hall–Kier alpha value is -0.510. The molecule has 18 heavy (non-hydrogen) atoms. The Balaban J connectivity index is 2.61. The third-order valence-corrected chi connectivity index (χ3v) is 4.20. The minimum atomic E-state index is 0.626. The average molecular weight is 266 g/mol. The fourth-order valence-electron chi connectivity index (χ4n) is 2.00. The third-order valence-electron chi connectivity index (χ3n) is 3.55. The van der Waals surface area contributed by atoms with Crippen molar-refractivity contribution in [3.05, 3.63) is 34.9 Å². The highest BCUT2D eigenvalue weighted by atomic mass is 32.2. The van der Waals surface area contributed by atoms with Gasteiger partial charge in [0.2, 0.25) is 0 Å². The summed E-state index contributed by atoms with van der Waals surface area (Å²) in [4.78, 5) is 2.43. The minimum Gasteiger partial charge on any atom is -0.326 e. The zero-order valence-corrected chi connectivity index (χ0v) is 12.9. The van der Waals surface area contributed by atoms with Crippen LogP contribution in [0.15, 0.2) is 18.2 Å². The van der Waals surface area contributed by atoms with Crippen LogP contribution in [0.1, 0.15) is 30.0 Å². The lowest BCUT2D eigenvalue weighted by Gasteiger charge is -2.25. The summed E-state index contributed by atoms with van der Waals surface area (Å²) < 4.78 is 0. The van der Waals surface area contributed by atoms with Crippen LogP contribution < -0.4 is 5.73 Å². The molecule has 0 aromatic heterocycles. The smallest absolute Gasteiger partial charge is 0.0236 e. The number of hydrogen-bond donors (Lipinski definition) is 1. The van der Waals surface area contributed by atoms with Gasteiger partial charge in [-0.25, -0.2) is 0 Å². The van der Waals surface area contributed by atoms with Gasteiger partial charge in [0.25, 0.3) is 0 Å². The third kappa shape index (κ3) is 4.63. The molecule has 1 atom stereocenters. The SMILES string of the molecule is CSCCC(C)N(C)Cc1ccc(CN)cc1C. The van der Waals surface area contributed by atoms with Gasteiger partial charge in [0.05, 0.1) is 0 Å².